The van der Waals surface area contributed by atoms with Gasteiger partial charge in [0.1, 0.15) is 0 Å². The number of benzene rings is 2. The molecule has 3 heteroatoms. The highest BCUT2D eigenvalue weighted by atomic mass is 16.1. The molecule has 0 radical (unpaired) electrons. The van der Waals surface area contributed by atoms with Crippen LogP contribution in [0.25, 0.3) is 6.08 Å². The molecule has 1 amide bonds. The van der Waals surface area contributed by atoms with Crippen molar-refractivity contribution in [3.05, 3.63) is 76.9 Å². The van der Waals surface area contributed by atoms with Gasteiger partial charge in [-0.25, -0.2) is 0 Å². The van der Waals surface area contributed by atoms with E-state index in [-0.39, 0.29) is 5.91 Å². The zero-order valence-electron chi connectivity index (χ0n) is 17.7. The van der Waals surface area contributed by atoms with E-state index in [2.05, 4.69) is 78.8 Å². The zero-order valence-corrected chi connectivity index (χ0v) is 17.7. The molecule has 3 nitrogen and oxygen atoms in total. The summed E-state index contributed by atoms with van der Waals surface area (Å²) < 4.78 is 0. The summed E-state index contributed by atoms with van der Waals surface area (Å²) in [7, 11) is 1.95. The van der Waals surface area contributed by atoms with Crippen molar-refractivity contribution < 1.29 is 4.79 Å². The monoisotopic (exact) mass is 388 g/mol. The van der Waals surface area contributed by atoms with Gasteiger partial charge in [0, 0.05) is 19.5 Å². The number of hydrogen-bond donors (Lipinski definition) is 1. The van der Waals surface area contributed by atoms with Crippen LogP contribution in [0.5, 0.6) is 0 Å². The summed E-state index contributed by atoms with van der Waals surface area (Å²) in [6.07, 6.45) is 12.8. The Hall–Kier alpha value is -2.83. The molecule has 0 fully saturated rings. The molecule has 0 spiro atoms. The largest absolute Gasteiger partial charge is 0.355 e. The molecule has 0 aliphatic rings. The topological polar surface area (TPSA) is 32.3 Å². The average molecular weight is 389 g/mol. The van der Waals surface area contributed by atoms with Gasteiger partial charge in [-0.2, -0.15) is 0 Å². The van der Waals surface area contributed by atoms with E-state index in [0.29, 0.717) is 19.5 Å². The molecule has 0 saturated carbocycles. The summed E-state index contributed by atoms with van der Waals surface area (Å²) >= 11 is 0. The summed E-state index contributed by atoms with van der Waals surface area (Å²) in [6, 6.07) is 17.2. The second-order valence-electron chi connectivity index (χ2n) is 7.43. The normalized spacial score (nSPS) is 11.0. The molecule has 0 bridgehead atoms. The maximum Gasteiger partial charge on any atom is 0.220 e. The second kappa shape index (κ2) is 12.6. The molecule has 2 rings (SSSR count). The Morgan fingerprint density at radius 1 is 1.17 bits per heavy atom. The number of aryl methyl sites for hydroxylation is 1. The molecular formula is C26H32N2O. The predicted molar refractivity (Wildman–Crippen MR) is 123 cm³/mol. The van der Waals surface area contributed by atoms with E-state index in [1.54, 1.807) is 0 Å². The maximum atomic E-state index is 11.8. The Balaban J connectivity index is 1.65. The number of allylic oxidation sites excluding steroid dienone is 1. The minimum absolute atomic E-state index is 0.105. The lowest BCUT2D eigenvalue weighted by molar-refractivity contribution is -0.121. The molecule has 0 unspecified atom stereocenters. The Bertz CT molecular complexity index is 831. The van der Waals surface area contributed by atoms with Crippen LogP contribution in [0, 0.1) is 19.3 Å². The van der Waals surface area contributed by atoms with E-state index >= 15 is 0 Å². The van der Waals surface area contributed by atoms with Crippen LogP contribution >= 0.6 is 0 Å². The summed E-state index contributed by atoms with van der Waals surface area (Å²) in [4.78, 5) is 13.8. The highest BCUT2D eigenvalue weighted by molar-refractivity contribution is 5.75. The number of nitrogens with one attached hydrogen (secondary N) is 1. The van der Waals surface area contributed by atoms with Crippen LogP contribution in [0.4, 0.5) is 0 Å². The summed E-state index contributed by atoms with van der Waals surface area (Å²) in [5.41, 5.74) is 5.22. The highest BCUT2D eigenvalue weighted by Gasteiger charge is 2.01. The van der Waals surface area contributed by atoms with E-state index in [1.807, 2.05) is 11.9 Å². The van der Waals surface area contributed by atoms with Gasteiger partial charge >= 0.3 is 0 Å². The molecule has 0 aliphatic heterocycles. The first kappa shape index (κ1) is 22.5. The standard InChI is InChI=1S/C26H32N2O/c1-4-19-28(3)20-18-27-26(29)13-7-5-6-11-23-14-16-24(17-15-23)21-25-12-9-8-10-22(25)2/h1,6,8-12,14-17H,5,7,13,18-21H2,2-3H3,(H,27,29)/b11-6+. The van der Waals surface area contributed by atoms with Crippen molar-refractivity contribution >= 4 is 12.0 Å². The summed E-state index contributed by atoms with van der Waals surface area (Å²) in [5.74, 6) is 2.69. The van der Waals surface area contributed by atoms with E-state index in [9.17, 15) is 4.79 Å². The lowest BCUT2D eigenvalue weighted by atomic mass is 10.00. The van der Waals surface area contributed by atoms with Crippen molar-refractivity contribution in [2.45, 2.75) is 32.6 Å². The van der Waals surface area contributed by atoms with Gasteiger partial charge < -0.3 is 5.32 Å². The Kier molecular flexibility index (Phi) is 9.75. The number of rotatable bonds is 11. The smallest absolute Gasteiger partial charge is 0.220 e. The van der Waals surface area contributed by atoms with Crippen LogP contribution in [0.1, 0.15) is 41.5 Å². The lowest BCUT2D eigenvalue weighted by Crippen LogP contribution is -2.32. The Morgan fingerprint density at radius 2 is 1.93 bits per heavy atom. The molecule has 0 saturated heterocycles. The fraction of sp³-hybridized carbons (Fsp3) is 0.346. The highest BCUT2D eigenvalue weighted by Crippen LogP contribution is 2.15. The number of hydrogen-bond acceptors (Lipinski definition) is 2. The van der Waals surface area contributed by atoms with Crippen molar-refractivity contribution in [2.24, 2.45) is 0 Å². The van der Waals surface area contributed by atoms with Gasteiger partial charge in [-0.1, -0.05) is 66.6 Å². The first-order valence-electron chi connectivity index (χ1n) is 10.3. The molecule has 152 valence electrons. The van der Waals surface area contributed by atoms with Gasteiger partial charge in [0.25, 0.3) is 0 Å². The SMILES string of the molecule is C#CCN(C)CCNC(=O)CCC/C=C/c1ccc(Cc2ccccc2C)cc1. The molecule has 2 aromatic rings. The molecule has 29 heavy (non-hydrogen) atoms. The van der Waals surface area contributed by atoms with Crippen LogP contribution in [-0.4, -0.2) is 37.5 Å². The molecular weight excluding hydrogens is 356 g/mol. The Labute approximate surface area is 175 Å². The average Bonchev–Trinajstić information content (AvgIpc) is 2.71. The van der Waals surface area contributed by atoms with E-state index in [0.717, 1.165) is 25.8 Å². The fourth-order valence-electron chi connectivity index (χ4n) is 3.08. The molecule has 0 heterocycles. The van der Waals surface area contributed by atoms with Crippen LogP contribution < -0.4 is 5.32 Å². The van der Waals surface area contributed by atoms with Gasteiger partial charge in [0.2, 0.25) is 5.91 Å². The molecule has 1 N–H and O–H groups in total. The van der Waals surface area contributed by atoms with Gasteiger partial charge in [-0.3, -0.25) is 9.69 Å². The molecule has 0 aromatic heterocycles. The number of nitrogens with zero attached hydrogens (tertiary/aromatic N) is 1. The summed E-state index contributed by atoms with van der Waals surface area (Å²) in [5, 5.41) is 2.94. The van der Waals surface area contributed by atoms with Crippen LogP contribution in [0.2, 0.25) is 0 Å². The van der Waals surface area contributed by atoms with Gasteiger partial charge in [0.05, 0.1) is 6.54 Å². The second-order valence-corrected chi connectivity index (χ2v) is 7.43. The first-order chi connectivity index (χ1) is 14.1. The molecule has 0 atom stereocenters. The zero-order chi connectivity index (χ0) is 20.9. The van der Waals surface area contributed by atoms with Crippen LogP contribution in [-0.2, 0) is 11.2 Å². The van der Waals surface area contributed by atoms with E-state index in [1.165, 1.54) is 22.3 Å². The lowest BCUT2D eigenvalue weighted by Gasteiger charge is -2.13. The van der Waals surface area contributed by atoms with E-state index in [4.69, 9.17) is 6.42 Å². The van der Waals surface area contributed by atoms with Gasteiger partial charge in [0.15, 0.2) is 0 Å². The first-order valence-corrected chi connectivity index (χ1v) is 10.3. The number of carbonyl (C=O) groups excluding carboxylic acids is 1. The van der Waals surface area contributed by atoms with Crippen molar-refractivity contribution in [3.8, 4) is 12.3 Å². The van der Waals surface area contributed by atoms with Crippen molar-refractivity contribution in [2.75, 3.05) is 26.7 Å². The number of likely N-dealkylation sites (N-methyl/N-ethyl adjacent to an activating group) is 1. The quantitative estimate of drug-likeness (QED) is 0.456. The third-order valence-corrected chi connectivity index (χ3v) is 4.90. The number of amides is 1. The summed E-state index contributed by atoms with van der Waals surface area (Å²) in [6.45, 7) is 4.18. The van der Waals surface area contributed by atoms with Gasteiger partial charge in [-0.05, 0) is 55.5 Å². The maximum absolute atomic E-state index is 11.8. The predicted octanol–water partition coefficient (Wildman–Crippen LogP) is 4.45. The van der Waals surface area contributed by atoms with Crippen molar-refractivity contribution in [1.29, 1.82) is 0 Å². The van der Waals surface area contributed by atoms with Crippen molar-refractivity contribution in [3.63, 3.8) is 0 Å². The van der Waals surface area contributed by atoms with E-state index < -0.39 is 0 Å². The van der Waals surface area contributed by atoms with Crippen molar-refractivity contribution in [1.82, 2.24) is 10.2 Å². The van der Waals surface area contributed by atoms with Gasteiger partial charge in [-0.15, -0.1) is 6.42 Å². The van der Waals surface area contributed by atoms with Crippen LogP contribution in [0.3, 0.4) is 0 Å². The fourth-order valence-corrected chi connectivity index (χ4v) is 3.08. The number of unbranched alkanes of at least 4 members (excludes halogenated alkanes) is 1. The minimum Gasteiger partial charge on any atom is -0.355 e. The Morgan fingerprint density at radius 3 is 2.66 bits per heavy atom. The minimum atomic E-state index is 0.105. The number of carbonyl (C=O) groups is 1. The number of terminal acetylenes is 1. The van der Waals surface area contributed by atoms with Crippen LogP contribution in [0.15, 0.2) is 54.6 Å². The third kappa shape index (κ3) is 8.81. The molecule has 0 aliphatic carbocycles. The third-order valence-electron chi connectivity index (χ3n) is 4.90. The molecule has 2 aromatic carbocycles.